The summed E-state index contributed by atoms with van der Waals surface area (Å²) in [4.78, 5) is 37.0. The van der Waals surface area contributed by atoms with Gasteiger partial charge in [-0.15, -0.1) is 0 Å². The van der Waals surface area contributed by atoms with Gasteiger partial charge >= 0.3 is 17.9 Å². The van der Waals surface area contributed by atoms with Crippen LogP contribution in [0.15, 0.2) is 48.6 Å². The van der Waals surface area contributed by atoms with Gasteiger partial charge in [-0.3, -0.25) is 9.59 Å². The Kier molecular flexibility index (Phi) is 36.3. The van der Waals surface area contributed by atoms with E-state index in [4.69, 9.17) is 14.2 Å². The maximum Gasteiger partial charge on any atom is 0.362 e. The predicted octanol–water partition coefficient (Wildman–Crippen LogP) is 12.0. The fraction of sp³-hybridized carbons (Fsp3) is 0.766. The second kappa shape index (κ2) is 38.2. The number of aliphatic carboxylic acids is 1. The average molecular weight is 775 g/mol. The first-order valence-corrected chi connectivity index (χ1v) is 22.2. The average Bonchev–Trinajstić information content (AvgIpc) is 3.14. The van der Waals surface area contributed by atoms with E-state index in [9.17, 15) is 19.5 Å². The van der Waals surface area contributed by atoms with Gasteiger partial charge in [0.05, 0.1) is 34.4 Å². The Hall–Kier alpha value is -2.71. The molecule has 0 amide bonds. The summed E-state index contributed by atoms with van der Waals surface area (Å²) in [6.45, 7) is 4.67. The fourth-order valence-corrected chi connectivity index (χ4v) is 6.34. The minimum Gasteiger partial charge on any atom is -0.477 e. The summed E-state index contributed by atoms with van der Waals surface area (Å²) in [6, 6.07) is -0.618. The van der Waals surface area contributed by atoms with Crippen LogP contribution in [0.2, 0.25) is 0 Å². The summed E-state index contributed by atoms with van der Waals surface area (Å²) >= 11 is 0. The van der Waals surface area contributed by atoms with E-state index in [0.717, 1.165) is 64.2 Å². The van der Waals surface area contributed by atoms with E-state index in [-0.39, 0.29) is 36.2 Å². The van der Waals surface area contributed by atoms with Crippen LogP contribution in [0.1, 0.15) is 181 Å². The number of carboxylic acid groups (broad SMARTS) is 1. The lowest BCUT2D eigenvalue weighted by molar-refractivity contribution is -0.887. The molecule has 0 bridgehead atoms. The number of allylic oxidation sites excluding steroid dienone is 8. The third-order valence-corrected chi connectivity index (χ3v) is 9.83. The number of unbranched alkanes of at least 4 members (excludes halogenated alkanes) is 20. The number of hydrogen-bond donors (Lipinski definition) is 1. The Bertz CT molecular complexity index is 1040. The molecule has 0 heterocycles. The van der Waals surface area contributed by atoms with Gasteiger partial charge in [0, 0.05) is 19.3 Å². The molecule has 1 N–H and O–H groups in total. The van der Waals surface area contributed by atoms with Crippen molar-refractivity contribution in [1.29, 1.82) is 0 Å². The number of carbonyl (C=O) groups excluding carboxylic acids is 2. The molecule has 0 aliphatic rings. The van der Waals surface area contributed by atoms with Gasteiger partial charge < -0.3 is 23.8 Å². The third kappa shape index (κ3) is 36.7. The van der Waals surface area contributed by atoms with Crippen molar-refractivity contribution in [2.24, 2.45) is 0 Å². The monoisotopic (exact) mass is 775 g/mol. The molecule has 0 saturated carbocycles. The maximum absolute atomic E-state index is 12.7. The summed E-state index contributed by atoms with van der Waals surface area (Å²) in [5.41, 5.74) is 0. The van der Waals surface area contributed by atoms with Crippen LogP contribution in [0.5, 0.6) is 0 Å². The van der Waals surface area contributed by atoms with Crippen LogP contribution >= 0.6 is 0 Å². The van der Waals surface area contributed by atoms with Crippen LogP contribution in [0.25, 0.3) is 0 Å². The van der Waals surface area contributed by atoms with E-state index in [1.165, 1.54) is 83.5 Å². The lowest BCUT2D eigenvalue weighted by Crippen LogP contribution is -2.50. The molecule has 0 spiro atoms. The van der Waals surface area contributed by atoms with E-state index >= 15 is 0 Å². The standard InChI is InChI=1S/C47H83NO7/c1-6-8-10-12-14-16-18-20-21-22-23-24-26-27-29-31-33-35-37-45(49)54-42-43(41-53-40-39-44(47(51)52)48(3,4)5)55-46(50)38-36-34-32-30-28-25-19-17-15-13-11-9-7-2/h14,16,18,20-24,43-44H,6-13,15,17,19,25-42H2,1-5H3/p+1/b16-14+,20-18+,22-21+,24-23+. The molecule has 55 heavy (non-hydrogen) atoms. The first-order valence-electron chi connectivity index (χ1n) is 22.2. The number of ether oxygens (including phenoxy) is 3. The molecule has 8 nitrogen and oxygen atoms in total. The molecule has 0 saturated heterocycles. The van der Waals surface area contributed by atoms with Crippen LogP contribution in [0.4, 0.5) is 0 Å². The predicted molar refractivity (Wildman–Crippen MR) is 229 cm³/mol. The van der Waals surface area contributed by atoms with Crippen LogP contribution in [0.3, 0.4) is 0 Å². The van der Waals surface area contributed by atoms with E-state index < -0.39 is 18.1 Å². The van der Waals surface area contributed by atoms with Gasteiger partial charge in [-0.2, -0.15) is 0 Å². The lowest BCUT2D eigenvalue weighted by Gasteiger charge is -2.31. The number of likely N-dealkylation sites (N-methyl/N-ethyl adjacent to an activating group) is 1. The Balaban J connectivity index is 4.38. The summed E-state index contributed by atoms with van der Waals surface area (Å²) < 4.78 is 17.3. The van der Waals surface area contributed by atoms with Gasteiger partial charge in [0.1, 0.15) is 6.61 Å². The van der Waals surface area contributed by atoms with Crippen LogP contribution in [-0.4, -0.2) is 80.6 Å². The van der Waals surface area contributed by atoms with Crippen LogP contribution < -0.4 is 0 Å². The van der Waals surface area contributed by atoms with E-state index in [2.05, 4.69) is 62.5 Å². The molecule has 0 rings (SSSR count). The third-order valence-electron chi connectivity index (χ3n) is 9.83. The molecular weight excluding hydrogens is 691 g/mol. The molecule has 0 aromatic heterocycles. The molecule has 0 fully saturated rings. The number of rotatable bonds is 39. The smallest absolute Gasteiger partial charge is 0.362 e. The van der Waals surface area contributed by atoms with Crippen molar-refractivity contribution in [3.8, 4) is 0 Å². The second-order valence-electron chi connectivity index (χ2n) is 16.0. The van der Waals surface area contributed by atoms with Gasteiger partial charge in [-0.1, -0.05) is 172 Å². The number of quaternary nitrogens is 1. The Morgan fingerprint density at radius 1 is 0.545 bits per heavy atom. The van der Waals surface area contributed by atoms with Crippen molar-refractivity contribution in [3.63, 3.8) is 0 Å². The van der Waals surface area contributed by atoms with Crippen molar-refractivity contribution in [2.75, 3.05) is 41.0 Å². The van der Waals surface area contributed by atoms with Crippen LogP contribution in [-0.2, 0) is 28.6 Å². The van der Waals surface area contributed by atoms with Crippen molar-refractivity contribution < 1.29 is 38.2 Å². The fourth-order valence-electron chi connectivity index (χ4n) is 6.34. The SMILES string of the molecule is CCCCC/C=C/C=C/C=C/C=C/CCCCCCCC(=O)OCC(COCCC(C(=O)O)[N+](C)(C)C)OC(=O)CCCCCCCCCCCCCCC. The molecule has 0 aromatic rings. The van der Waals surface area contributed by atoms with E-state index in [0.29, 0.717) is 19.3 Å². The molecule has 0 radical (unpaired) electrons. The van der Waals surface area contributed by atoms with Gasteiger partial charge in [0.2, 0.25) is 0 Å². The molecule has 0 aliphatic carbocycles. The Morgan fingerprint density at radius 2 is 0.964 bits per heavy atom. The van der Waals surface area contributed by atoms with Crippen LogP contribution in [0, 0.1) is 0 Å². The number of carbonyl (C=O) groups is 3. The largest absolute Gasteiger partial charge is 0.477 e. The van der Waals surface area contributed by atoms with Crippen molar-refractivity contribution in [3.05, 3.63) is 48.6 Å². The second-order valence-corrected chi connectivity index (χ2v) is 16.0. The first-order chi connectivity index (χ1) is 26.6. The molecule has 0 aliphatic heterocycles. The molecule has 318 valence electrons. The molecule has 2 unspecified atom stereocenters. The number of esters is 2. The zero-order chi connectivity index (χ0) is 40.7. The first kappa shape index (κ1) is 52.3. The van der Waals surface area contributed by atoms with E-state index in [1.807, 2.05) is 21.1 Å². The number of nitrogens with zero attached hydrogens (tertiary/aromatic N) is 1. The van der Waals surface area contributed by atoms with Gasteiger partial charge in [-0.05, 0) is 38.5 Å². The highest BCUT2D eigenvalue weighted by atomic mass is 16.6. The van der Waals surface area contributed by atoms with Crippen molar-refractivity contribution in [1.82, 2.24) is 0 Å². The quantitative estimate of drug-likeness (QED) is 0.0287. The minimum atomic E-state index is -0.879. The highest BCUT2D eigenvalue weighted by Gasteiger charge is 2.31. The lowest BCUT2D eigenvalue weighted by atomic mass is 10.0. The Labute approximate surface area is 337 Å². The van der Waals surface area contributed by atoms with Gasteiger partial charge in [0.25, 0.3) is 0 Å². The normalized spacial score (nSPS) is 13.4. The topological polar surface area (TPSA) is 99.1 Å². The van der Waals surface area contributed by atoms with Gasteiger partial charge in [0.15, 0.2) is 12.1 Å². The summed E-state index contributed by atoms with van der Waals surface area (Å²) in [7, 11) is 5.52. The molecule has 2 atom stereocenters. The summed E-state index contributed by atoms with van der Waals surface area (Å²) in [5, 5.41) is 9.61. The number of carboxylic acids is 1. The van der Waals surface area contributed by atoms with Crippen molar-refractivity contribution in [2.45, 2.75) is 193 Å². The summed E-state index contributed by atoms with van der Waals surface area (Å²) in [5.74, 6) is -1.49. The highest BCUT2D eigenvalue weighted by molar-refractivity contribution is 5.72. The zero-order valence-electron chi connectivity index (χ0n) is 36.1. The molecule has 8 heteroatoms. The highest BCUT2D eigenvalue weighted by Crippen LogP contribution is 2.15. The molecule has 0 aromatic carbocycles. The Morgan fingerprint density at radius 3 is 1.45 bits per heavy atom. The minimum absolute atomic E-state index is 0.0541. The van der Waals surface area contributed by atoms with Crippen molar-refractivity contribution >= 4 is 17.9 Å². The maximum atomic E-state index is 12.7. The van der Waals surface area contributed by atoms with E-state index in [1.54, 1.807) is 0 Å². The number of hydrogen-bond acceptors (Lipinski definition) is 6. The zero-order valence-corrected chi connectivity index (χ0v) is 36.1. The molecular formula is C47H84NO7+. The van der Waals surface area contributed by atoms with Gasteiger partial charge in [-0.25, -0.2) is 4.79 Å². The summed E-state index contributed by atoms with van der Waals surface area (Å²) in [6.07, 6.45) is 44.3.